The number of hydrogen-bond acceptors (Lipinski definition) is 3. The number of fused-ring (bicyclic) bond motifs is 3. The van der Waals surface area contributed by atoms with E-state index in [-0.39, 0.29) is 0 Å². The first-order valence-electron chi connectivity index (χ1n) is 5.49. The lowest BCUT2D eigenvalue weighted by Gasteiger charge is -1.99. The smallest absolute Gasteiger partial charge is 0.170 e. The third-order valence-corrected chi connectivity index (χ3v) is 2.73. The van der Waals surface area contributed by atoms with Gasteiger partial charge in [0, 0.05) is 28.7 Å². The summed E-state index contributed by atoms with van der Waals surface area (Å²) in [4.78, 5) is 7.64. The molecule has 0 atom stereocenters. The predicted octanol–water partition coefficient (Wildman–Crippen LogP) is 3.13. The van der Waals surface area contributed by atoms with Crippen LogP contribution in [0.2, 0.25) is 0 Å². The number of rotatable bonds is 2. The summed E-state index contributed by atoms with van der Waals surface area (Å²) in [7, 11) is 0. The Labute approximate surface area is 98.4 Å². The van der Waals surface area contributed by atoms with Crippen molar-refractivity contribution in [2.45, 2.75) is 6.92 Å². The van der Waals surface area contributed by atoms with Crippen molar-refractivity contribution in [3.05, 3.63) is 36.5 Å². The standard InChI is InChI=1S/C13H12N4/c1-2-15-17-13-12-10(7-8-14-13)9-5-3-4-6-11(9)16-12/h2-8,16H,1H3,(H,14,17). The van der Waals surface area contributed by atoms with Crippen LogP contribution >= 0.6 is 0 Å². The van der Waals surface area contributed by atoms with E-state index in [1.807, 2.05) is 25.1 Å². The number of hydrogen-bond donors (Lipinski definition) is 2. The largest absolute Gasteiger partial charge is 0.351 e. The molecule has 0 saturated heterocycles. The van der Waals surface area contributed by atoms with Crippen LogP contribution in [0.3, 0.4) is 0 Å². The van der Waals surface area contributed by atoms with E-state index in [4.69, 9.17) is 0 Å². The number of aromatic amines is 1. The number of H-pyrrole nitrogens is 1. The van der Waals surface area contributed by atoms with Gasteiger partial charge in [-0.1, -0.05) is 18.2 Å². The maximum Gasteiger partial charge on any atom is 0.170 e. The summed E-state index contributed by atoms with van der Waals surface area (Å²) in [5, 5.41) is 6.36. The number of pyridine rings is 1. The van der Waals surface area contributed by atoms with Crippen molar-refractivity contribution < 1.29 is 0 Å². The van der Waals surface area contributed by atoms with Gasteiger partial charge >= 0.3 is 0 Å². The van der Waals surface area contributed by atoms with Gasteiger partial charge in [0.15, 0.2) is 5.82 Å². The van der Waals surface area contributed by atoms with Crippen molar-refractivity contribution in [2.75, 3.05) is 5.43 Å². The lowest BCUT2D eigenvalue weighted by molar-refractivity contribution is 1.24. The van der Waals surface area contributed by atoms with E-state index in [1.54, 1.807) is 12.4 Å². The molecule has 0 bridgehead atoms. The molecule has 84 valence electrons. The van der Waals surface area contributed by atoms with Gasteiger partial charge < -0.3 is 4.98 Å². The van der Waals surface area contributed by atoms with E-state index in [1.165, 1.54) is 5.39 Å². The van der Waals surface area contributed by atoms with Crippen molar-refractivity contribution in [1.82, 2.24) is 9.97 Å². The lowest BCUT2D eigenvalue weighted by Crippen LogP contribution is -1.92. The van der Waals surface area contributed by atoms with Crippen molar-refractivity contribution in [2.24, 2.45) is 5.10 Å². The first-order valence-corrected chi connectivity index (χ1v) is 5.49. The molecular weight excluding hydrogens is 212 g/mol. The number of aromatic nitrogens is 2. The minimum Gasteiger partial charge on any atom is -0.351 e. The van der Waals surface area contributed by atoms with Crippen LogP contribution < -0.4 is 5.43 Å². The fraction of sp³-hybridized carbons (Fsp3) is 0.0769. The second-order valence-corrected chi connectivity index (χ2v) is 3.75. The van der Waals surface area contributed by atoms with Crippen LogP contribution in [-0.4, -0.2) is 16.2 Å². The van der Waals surface area contributed by atoms with Gasteiger partial charge in [-0.05, 0) is 19.1 Å². The molecular formula is C13H12N4. The third-order valence-electron chi connectivity index (χ3n) is 2.73. The van der Waals surface area contributed by atoms with E-state index in [0.29, 0.717) is 0 Å². The number of benzene rings is 1. The number of nitrogens with one attached hydrogen (secondary N) is 2. The summed E-state index contributed by atoms with van der Waals surface area (Å²) in [6.45, 7) is 1.86. The Kier molecular flexibility index (Phi) is 2.26. The summed E-state index contributed by atoms with van der Waals surface area (Å²) in [6, 6.07) is 10.2. The molecule has 3 rings (SSSR count). The van der Waals surface area contributed by atoms with Crippen LogP contribution in [0.4, 0.5) is 5.82 Å². The molecule has 0 unspecified atom stereocenters. The van der Waals surface area contributed by atoms with Gasteiger partial charge in [0.25, 0.3) is 0 Å². The summed E-state index contributed by atoms with van der Waals surface area (Å²) >= 11 is 0. The average Bonchev–Trinajstić information content (AvgIpc) is 2.75. The maximum absolute atomic E-state index is 4.28. The molecule has 3 aromatic rings. The van der Waals surface area contributed by atoms with Crippen LogP contribution in [0.15, 0.2) is 41.6 Å². The molecule has 0 spiro atoms. The highest BCUT2D eigenvalue weighted by Crippen LogP contribution is 2.28. The summed E-state index contributed by atoms with van der Waals surface area (Å²) in [5.41, 5.74) is 5.02. The Morgan fingerprint density at radius 1 is 1.24 bits per heavy atom. The van der Waals surface area contributed by atoms with Gasteiger partial charge in [-0.25, -0.2) is 4.98 Å². The van der Waals surface area contributed by atoms with E-state index in [0.717, 1.165) is 22.2 Å². The maximum atomic E-state index is 4.28. The molecule has 0 amide bonds. The molecule has 0 radical (unpaired) electrons. The average molecular weight is 224 g/mol. The van der Waals surface area contributed by atoms with Crippen molar-refractivity contribution >= 4 is 33.8 Å². The fourth-order valence-corrected chi connectivity index (χ4v) is 1.98. The zero-order valence-corrected chi connectivity index (χ0v) is 9.44. The third kappa shape index (κ3) is 1.54. The van der Waals surface area contributed by atoms with E-state index >= 15 is 0 Å². The summed E-state index contributed by atoms with van der Waals surface area (Å²) in [5.74, 6) is 0.747. The van der Waals surface area contributed by atoms with Crippen LogP contribution in [0.25, 0.3) is 21.8 Å². The van der Waals surface area contributed by atoms with Gasteiger partial charge in [-0.3, -0.25) is 5.43 Å². The Hall–Kier alpha value is -2.36. The molecule has 0 aliphatic rings. The highest BCUT2D eigenvalue weighted by molar-refractivity contribution is 6.10. The SMILES string of the molecule is CC=NNc1nccc2c1[nH]c1ccccc12. The van der Waals surface area contributed by atoms with Gasteiger partial charge in [0.2, 0.25) is 0 Å². The highest BCUT2D eigenvalue weighted by atomic mass is 15.3. The predicted molar refractivity (Wildman–Crippen MR) is 71.4 cm³/mol. The summed E-state index contributed by atoms with van der Waals surface area (Å²) in [6.07, 6.45) is 3.49. The highest BCUT2D eigenvalue weighted by Gasteiger charge is 2.07. The van der Waals surface area contributed by atoms with Crippen LogP contribution in [-0.2, 0) is 0 Å². The molecule has 2 N–H and O–H groups in total. The van der Waals surface area contributed by atoms with E-state index in [9.17, 15) is 0 Å². The molecule has 0 saturated carbocycles. The molecule has 2 heterocycles. The zero-order valence-electron chi connectivity index (χ0n) is 9.44. The molecule has 2 aromatic heterocycles. The minimum absolute atomic E-state index is 0.747. The first kappa shape index (κ1) is 9.84. The van der Waals surface area contributed by atoms with Gasteiger partial charge in [0.05, 0.1) is 5.52 Å². The number of nitrogens with zero attached hydrogens (tertiary/aromatic N) is 2. The zero-order chi connectivity index (χ0) is 11.7. The molecule has 0 aliphatic heterocycles. The molecule has 4 heteroatoms. The molecule has 17 heavy (non-hydrogen) atoms. The fourth-order valence-electron chi connectivity index (χ4n) is 1.98. The molecule has 0 aliphatic carbocycles. The minimum atomic E-state index is 0.747. The van der Waals surface area contributed by atoms with Crippen LogP contribution in [0.1, 0.15) is 6.92 Å². The topological polar surface area (TPSA) is 53.1 Å². The Morgan fingerprint density at radius 2 is 2.12 bits per heavy atom. The van der Waals surface area contributed by atoms with E-state index in [2.05, 4.69) is 32.6 Å². The quantitative estimate of drug-likeness (QED) is 0.519. The van der Waals surface area contributed by atoms with Crippen LogP contribution in [0.5, 0.6) is 0 Å². The molecule has 0 fully saturated rings. The summed E-state index contributed by atoms with van der Waals surface area (Å²) < 4.78 is 0. The number of hydrazone groups is 1. The second kappa shape index (κ2) is 3.90. The van der Waals surface area contributed by atoms with Gasteiger partial charge in [-0.15, -0.1) is 0 Å². The number of anilines is 1. The molecule has 4 nitrogen and oxygen atoms in total. The monoisotopic (exact) mass is 224 g/mol. The van der Waals surface area contributed by atoms with Crippen molar-refractivity contribution in [1.29, 1.82) is 0 Å². The number of para-hydroxylation sites is 1. The van der Waals surface area contributed by atoms with E-state index < -0.39 is 0 Å². The molecule has 1 aromatic carbocycles. The Bertz CT molecular complexity index is 697. The Balaban J connectivity index is 2.31. The lowest BCUT2D eigenvalue weighted by atomic mass is 10.2. The van der Waals surface area contributed by atoms with Crippen molar-refractivity contribution in [3.8, 4) is 0 Å². The first-order chi connectivity index (χ1) is 8.40. The van der Waals surface area contributed by atoms with Crippen molar-refractivity contribution in [3.63, 3.8) is 0 Å². The van der Waals surface area contributed by atoms with Gasteiger partial charge in [-0.2, -0.15) is 5.10 Å². The normalized spacial score (nSPS) is 11.6. The van der Waals surface area contributed by atoms with Gasteiger partial charge in [0.1, 0.15) is 0 Å². The second-order valence-electron chi connectivity index (χ2n) is 3.75. The Morgan fingerprint density at radius 3 is 3.00 bits per heavy atom. The van der Waals surface area contributed by atoms with Crippen LogP contribution in [0, 0.1) is 0 Å².